The summed E-state index contributed by atoms with van der Waals surface area (Å²) in [6.45, 7) is 4.50. The summed E-state index contributed by atoms with van der Waals surface area (Å²) in [5, 5.41) is 14.2. The molecule has 2 aliphatic carbocycles. The Labute approximate surface area is 200 Å². The first-order valence-electron chi connectivity index (χ1n) is 11.5. The number of aryl methyl sites for hydroxylation is 1. The van der Waals surface area contributed by atoms with Gasteiger partial charge in [0.15, 0.2) is 11.5 Å². The highest BCUT2D eigenvalue weighted by atomic mass is 16.6. The SMILES string of the molecule is COc1cc2c(c(OC)c1OC)C1=C(C=C(O[C@H]3CCOC3)[C@@H](O)C(C)=C1)[C@@H](NC(C)=O)CC2. The van der Waals surface area contributed by atoms with Gasteiger partial charge in [0.25, 0.3) is 0 Å². The Balaban J connectivity index is 1.97. The molecule has 1 fully saturated rings. The van der Waals surface area contributed by atoms with Crippen LogP contribution in [0, 0.1) is 0 Å². The van der Waals surface area contributed by atoms with E-state index in [0.717, 1.165) is 34.3 Å². The molecule has 0 unspecified atom stereocenters. The van der Waals surface area contributed by atoms with Gasteiger partial charge >= 0.3 is 0 Å². The molecule has 0 bridgehead atoms. The van der Waals surface area contributed by atoms with Gasteiger partial charge in [0.2, 0.25) is 11.7 Å². The first-order chi connectivity index (χ1) is 16.4. The molecule has 1 amide bonds. The van der Waals surface area contributed by atoms with Gasteiger partial charge in [0, 0.05) is 18.9 Å². The largest absolute Gasteiger partial charge is 0.493 e. The molecule has 8 heteroatoms. The smallest absolute Gasteiger partial charge is 0.217 e. The molecule has 184 valence electrons. The first-order valence-corrected chi connectivity index (χ1v) is 11.5. The van der Waals surface area contributed by atoms with Gasteiger partial charge in [-0.05, 0) is 54.2 Å². The van der Waals surface area contributed by atoms with Crippen LogP contribution in [0.15, 0.2) is 35.1 Å². The van der Waals surface area contributed by atoms with E-state index < -0.39 is 6.10 Å². The maximum atomic E-state index is 12.1. The Kier molecular flexibility index (Phi) is 7.19. The Morgan fingerprint density at radius 2 is 1.88 bits per heavy atom. The van der Waals surface area contributed by atoms with Crippen molar-refractivity contribution in [3.8, 4) is 17.2 Å². The molecular weight excluding hydrogens is 438 g/mol. The molecule has 4 rings (SSSR count). The summed E-state index contributed by atoms with van der Waals surface area (Å²) in [5.41, 5.74) is 4.29. The number of ether oxygens (including phenoxy) is 5. The monoisotopic (exact) mass is 471 g/mol. The Morgan fingerprint density at radius 3 is 2.50 bits per heavy atom. The third-order valence-corrected chi connectivity index (χ3v) is 6.51. The number of carbonyl (C=O) groups excluding carboxylic acids is 1. The van der Waals surface area contributed by atoms with E-state index in [9.17, 15) is 9.90 Å². The first kappa shape index (κ1) is 24.2. The minimum absolute atomic E-state index is 0.118. The van der Waals surface area contributed by atoms with Gasteiger partial charge in [-0.1, -0.05) is 6.08 Å². The second-order valence-corrected chi connectivity index (χ2v) is 8.78. The van der Waals surface area contributed by atoms with Gasteiger partial charge in [0.1, 0.15) is 18.0 Å². The van der Waals surface area contributed by atoms with E-state index >= 15 is 0 Å². The van der Waals surface area contributed by atoms with Gasteiger partial charge in [-0.3, -0.25) is 4.79 Å². The predicted molar refractivity (Wildman–Crippen MR) is 127 cm³/mol. The summed E-state index contributed by atoms with van der Waals surface area (Å²) < 4.78 is 28.7. The van der Waals surface area contributed by atoms with Crippen LogP contribution in [0.25, 0.3) is 5.57 Å². The standard InChI is InChI=1S/C26H33NO7/c1-14-10-19-18(12-21(24(14)29)34-17-8-9-33-13-17)20(27-15(2)28)7-6-16-11-22(30-3)25(31-4)26(32-5)23(16)19/h10-12,17,20,24,29H,6-9,13H2,1-5H3,(H,27,28)/t17-,20-,24-/m0/s1. The summed E-state index contributed by atoms with van der Waals surface area (Å²) in [4.78, 5) is 12.1. The zero-order valence-corrected chi connectivity index (χ0v) is 20.4. The molecular formula is C26H33NO7. The van der Waals surface area contributed by atoms with Crippen LogP contribution in [0.2, 0.25) is 0 Å². The quantitative estimate of drug-likeness (QED) is 0.659. The van der Waals surface area contributed by atoms with Crippen LogP contribution >= 0.6 is 0 Å². The van der Waals surface area contributed by atoms with Crippen LogP contribution < -0.4 is 19.5 Å². The lowest BCUT2D eigenvalue weighted by Crippen LogP contribution is -2.34. The van der Waals surface area contributed by atoms with Gasteiger partial charge in [-0.2, -0.15) is 0 Å². The van der Waals surface area contributed by atoms with Gasteiger partial charge in [-0.15, -0.1) is 0 Å². The van der Waals surface area contributed by atoms with Crippen molar-refractivity contribution in [3.63, 3.8) is 0 Å². The van der Waals surface area contributed by atoms with Crippen molar-refractivity contribution in [2.75, 3.05) is 34.5 Å². The number of hydrogen-bond donors (Lipinski definition) is 2. The predicted octanol–water partition coefficient (Wildman–Crippen LogP) is 2.93. The zero-order chi connectivity index (χ0) is 24.4. The number of benzene rings is 1. The number of aliphatic hydroxyl groups excluding tert-OH is 1. The highest BCUT2D eigenvalue weighted by Gasteiger charge is 2.33. The van der Waals surface area contributed by atoms with Crippen molar-refractivity contribution >= 4 is 11.5 Å². The second-order valence-electron chi connectivity index (χ2n) is 8.78. The van der Waals surface area contributed by atoms with Crippen molar-refractivity contribution in [3.05, 3.63) is 46.3 Å². The lowest BCUT2D eigenvalue weighted by Gasteiger charge is -2.22. The molecule has 1 saturated heterocycles. The molecule has 3 aliphatic rings. The van der Waals surface area contributed by atoms with E-state index in [1.54, 1.807) is 21.3 Å². The molecule has 8 nitrogen and oxygen atoms in total. The summed E-state index contributed by atoms with van der Waals surface area (Å²) in [5.74, 6) is 1.94. The van der Waals surface area contributed by atoms with Crippen LogP contribution in [0.3, 0.4) is 0 Å². The summed E-state index contributed by atoms with van der Waals surface area (Å²) in [6.07, 6.45) is 4.89. The molecule has 0 saturated carbocycles. The number of allylic oxidation sites excluding steroid dienone is 2. The van der Waals surface area contributed by atoms with Crippen molar-refractivity contribution in [1.82, 2.24) is 5.32 Å². The van der Waals surface area contributed by atoms with E-state index in [1.165, 1.54) is 6.92 Å². The normalized spacial score (nSPS) is 24.1. The van der Waals surface area contributed by atoms with Crippen LogP contribution in [0.5, 0.6) is 17.2 Å². The summed E-state index contributed by atoms with van der Waals surface area (Å²) in [7, 11) is 4.77. The number of hydrogen-bond acceptors (Lipinski definition) is 7. The molecule has 0 aromatic heterocycles. The maximum Gasteiger partial charge on any atom is 0.217 e. The lowest BCUT2D eigenvalue weighted by atomic mass is 9.92. The number of aliphatic hydroxyl groups is 1. The van der Waals surface area contributed by atoms with Gasteiger partial charge in [-0.25, -0.2) is 0 Å². The fourth-order valence-corrected chi connectivity index (χ4v) is 4.88. The van der Waals surface area contributed by atoms with Gasteiger partial charge < -0.3 is 34.1 Å². The third kappa shape index (κ3) is 4.52. The number of carbonyl (C=O) groups is 1. The zero-order valence-electron chi connectivity index (χ0n) is 20.4. The fourth-order valence-electron chi connectivity index (χ4n) is 4.88. The van der Waals surface area contributed by atoms with Crippen molar-refractivity contribution in [1.29, 1.82) is 0 Å². The highest BCUT2D eigenvalue weighted by Crippen LogP contribution is 2.49. The topological polar surface area (TPSA) is 95.5 Å². The Morgan fingerprint density at radius 1 is 1.12 bits per heavy atom. The van der Waals surface area contributed by atoms with Crippen LogP contribution in [-0.4, -0.2) is 63.8 Å². The minimum Gasteiger partial charge on any atom is -0.493 e. The van der Waals surface area contributed by atoms with Crippen molar-refractivity contribution in [2.24, 2.45) is 0 Å². The molecule has 0 spiro atoms. The fraction of sp³-hybridized carbons (Fsp3) is 0.500. The van der Waals surface area contributed by atoms with E-state index in [4.69, 9.17) is 23.7 Å². The summed E-state index contributed by atoms with van der Waals surface area (Å²) in [6, 6.07) is 1.67. The molecule has 1 aromatic carbocycles. The molecule has 0 radical (unpaired) electrons. The Hall–Kier alpha value is -2.97. The number of fused-ring (bicyclic) bond motifs is 2. The second kappa shape index (κ2) is 10.1. The number of nitrogens with one attached hydrogen (secondary N) is 1. The average molecular weight is 472 g/mol. The van der Waals surface area contributed by atoms with Crippen molar-refractivity contribution in [2.45, 2.75) is 51.4 Å². The van der Waals surface area contributed by atoms with Crippen LogP contribution in [0.1, 0.15) is 37.8 Å². The maximum absolute atomic E-state index is 12.1. The molecule has 3 atom stereocenters. The lowest BCUT2D eigenvalue weighted by molar-refractivity contribution is -0.119. The highest BCUT2D eigenvalue weighted by molar-refractivity contribution is 5.89. The Bertz CT molecular complexity index is 1050. The molecule has 34 heavy (non-hydrogen) atoms. The molecule has 1 aliphatic heterocycles. The third-order valence-electron chi connectivity index (χ3n) is 6.51. The average Bonchev–Trinajstić information content (AvgIpc) is 3.25. The molecule has 1 heterocycles. The molecule has 1 aromatic rings. The van der Waals surface area contributed by atoms with Gasteiger partial charge in [0.05, 0.1) is 40.6 Å². The minimum atomic E-state index is -0.917. The van der Waals surface area contributed by atoms with Crippen LogP contribution in [-0.2, 0) is 20.7 Å². The van der Waals surface area contributed by atoms with E-state index in [2.05, 4.69) is 5.32 Å². The van der Waals surface area contributed by atoms with Crippen LogP contribution in [0.4, 0.5) is 0 Å². The number of amides is 1. The number of rotatable bonds is 6. The van der Waals surface area contributed by atoms with E-state index in [0.29, 0.717) is 49.1 Å². The number of methoxy groups -OCH3 is 3. The summed E-state index contributed by atoms with van der Waals surface area (Å²) >= 11 is 0. The van der Waals surface area contributed by atoms with E-state index in [-0.39, 0.29) is 18.1 Å². The van der Waals surface area contributed by atoms with Crippen molar-refractivity contribution < 1.29 is 33.6 Å². The molecule has 2 N–H and O–H groups in total. The van der Waals surface area contributed by atoms with E-state index in [1.807, 2.05) is 25.1 Å².